The number of aromatic hydroxyl groups is 1. The first kappa shape index (κ1) is 24.5. The summed E-state index contributed by atoms with van der Waals surface area (Å²) in [6.07, 6.45) is 6.62. The fourth-order valence-corrected chi connectivity index (χ4v) is 4.74. The molecule has 184 valence electrons. The molecular weight excluding hydrogens is 448 g/mol. The Morgan fingerprint density at radius 3 is 2.66 bits per heavy atom. The average Bonchev–Trinajstić information content (AvgIpc) is 2.82. The molecule has 0 amide bonds. The highest BCUT2D eigenvalue weighted by atomic mass is 16.5. The number of cyclic esters (lactones) is 1. The number of methoxy groups -OCH3 is 1. The summed E-state index contributed by atoms with van der Waals surface area (Å²) in [5, 5.41) is 11.4. The number of ketones is 1. The molecule has 7 nitrogen and oxygen atoms in total. The van der Waals surface area contributed by atoms with Gasteiger partial charge in [-0.15, -0.1) is 0 Å². The lowest BCUT2D eigenvalue weighted by Gasteiger charge is -2.28. The summed E-state index contributed by atoms with van der Waals surface area (Å²) in [6.45, 7) is 1.78. The average molecular weight is 479 g/mol. The number of allylic oxidation sites excluding steroid dienone is 1. The molecule has 2 aliphatic rings. The van der Waals surface area contributed by atoms with Crippen LogP contribution in [0.15, 0.2) is 36.4 Å². The molecule has 1 N–H and O–H groups in total. The van der Waals surface area contributed by atoms with E-state index in [0.717, 1.165) is 0 Å². The Bertz CT molecular complexity index is 1160. The largest absolute Gasteiger partial charge is 0.507 e. The van der Waals surface area contributed by atoms with Crippen LogP contribution in [0, 0.1) is 0 Å². The number of esters is 2. The fraction of sp³-hybridized carbons (Fsp3) is 0.393. The summed E-state index contributed by atoms with van der Waals surface area (Å²) in [5.74, 6) is -0.927. The van der Waals surface area contributed by atoms with Gasteiger partial charge < -0.3 is 19.3 Å². The molecule has 0 unspecified atom stereocenters. The molecule has 0 radical (unpaired) electrons. The molecule has 2 atom stereocenters. The van der Waals surface area contributed by atoms with E-state index in [0.29, 0.717) is 61.0 Å². The highest BCUT2D eigenvalue weighted by molar-refractivity contribution is 5.98. The van der Waals surface area contributed by atoms with Crippen molar-refractivity contribution in [1.29, 1.82) is 0 Å². The van der Waals surface area contributed by atoms with Crippen molar-refractivity contribution in [1.82, 2.24) is 0 Å². The zero-order chi connectivity index (χ0) is 24.9. The zero-order valence-electron chi connectivity index (χ0n) is 20.0. The lowest BCUT2D eigenvalue weighted by atomic mass is 9.83. The van der Waals surface area contributed by atoms with Crippen molar-refractivity contribution in [2.24, 2.45) is 0 Å². The molecule has 0 fully saturated rings. The third-order valence-electron chi connectivity index (χ3n) is 6.49. The number of para-hydroxylation sites is 1. The van der Waals surface area contributed by atoms with Crippen LogP contribution in [0.1, 0.15) is 84.8 Å². The summed E-state index contributed by atoms with van der Waals surface area (Å²) in [4.78, 5) is 37.8. The van der Waals surface area contributed by atoms with E-state index in [1.54, 1.807) is 32.2 Å². The van der Waals surface area contributed by atoms with Gasteiger partial charge in [-0.2, -0.15) is 0 Å². The number of fused-ring (bicyclic) bond motifs is 2. The van der Waals surface area contributed by atoms with Gasteiger partial charge in [-0.05, 0) is 50.3 Å². The van der Waals surface area contributed by atoms with Gasteiger partial charge in [-0.25, -0.2) is 4.79 Å². The number of carbonyl (C=O) groups excluding carboxylic acids is 3. The molecule has 2 heterocycles. The van der Waals surface area contributed by atoms with Crippen molar-refractivity contribution < 1.29 is 33.7 Å². The summed E-state index contributed by atoms with van der Waals surface area (Å²) in [5.41, 5.74) is 1.51. The molecular formula is C28H30O7. The van der Waals surface area contributed by atoms with Gasteiger partial charge in [0.25, 0.3) is 0 Å². The van der Waals surface area contributed by atoms with Crippen molar-refractivity contribution in [2.45, 2.75) is 63.9 Å². The Hall–Kier alpha value is -3.61. The Labute approximate surface area is 204 Å². The summed E-state index contributed by atoms with van der Waals surface area (Å²) in [7, 11) is 1.54. The molecule has 2 aromatic rings. The van der Waals surface area contributed by atoms with Gasteiger partial charge in [0.1, 0.15) is 28.6 Å². The maximum Gasteiger partial charge on any atom is 0.342 e. The molecule has 2 aliphatic heterocycles. The lowest BCUT2D eigenvalue weighted by molar-refractivity contribution is -0.135. The summed E-state index contributed by atoms with van der Waals surface area (Å²) >= 11 is 0. The SMILES string of the molecule is COc1ccccc1[C@H]1CC(=O)Oc2cc3c(c(O)c21)C(=O)O[C@H](C)CCCC(=O)CCCC=C3. The molecule has 35 heavy (non-hydrogen) atoms. The van der Waals surface area contributed by atoms with E-state index < -0.39 is 24.0 Å². The normalized spacial score (nSPS) is 21.3. The predicted molar refractivity (Wildman–Crippen MR) is 130 cm³/mol. The highest BCUT2D eigenvalue weighted by Gasteiger charge is 2.36. The van der Waals surface area contributed by atoms with E-state index >= 15 is 0 Å². The van der Waals surface area contributed by atoms with Gasteiger partial charge in [-0.1, -0.05) is 30.4 Å². The lowest BCUT2D eigenvalue weighted by Crippen LogP contribution is -2.23. The van der Waals surface area contributed by atoms with Gasteiger partial charge in [0.15, 0.2) is 0 Å². The molecule has 0 aromatic heterocycles. The molecule has 2 aromatic carbocycles. The van der Waals surface area contributed by atoms with Gasteiger partial charge in [0, 0.05) is 29.9 Å². The Balaban J connectivity index is 1.83. The van der Waals surface area contributed by atoms with Crippen molar-refractivity contribution >= 4 is 23.8 Å². The van der Waals surface area contributed by atoms with Crippen molar-refractivity contribution in [3.8, 4) is 17.2 Å². The van der Waals surface area contributed by atoms with Crippen molar-refractivity contribution in [3.63, 3.8) is 0 Å². The minimum absolute atomic E-state index is 0.00492. The number of benzene rings is 2. The molecule has 0 aliphatic carbocycles. The standard InChI is InChI=1S/C28H30O7/c1-17-9-8-12-19(29)11-5-3-4-10-18-15-23-26(27(31)25(18)28(32)34-17)21(16-24(30)35-23)20-13-6-7-14-22(20)33-2/h4,6-7,10,13-15,17,21,31H,3,5,8-9,11-12,16H2,1-2H3/t17-,21-/m1/s1. The fourth-order valence-electron chi connectivity index (χ4n) is 4.74. The molecule has 7 heteroatoms. The van der Waals surface area contributed by atoms with Crippen LogP contribution in [-0.4, -0.2) is 36.0 Å². The van der Waals surface area contributed by atoms with Gasteiger partial charge in [-0.3, -0.25) is 9.59 Å². The van der Waals surface area contributed by atoms with E-state index in [2.05, 4.69) is 0 Å². The molecule has 0 saturated carbocycles. The number of Topliss-reactive ketones (excluding diaryl/α,β-unsaturated/α-hetero) is 1. The highest BCUT2D eigenvalue weighted by Crippen LogP contribution is 2.48. The minimum atomic E-state index is -0.656. The smallest absolute Gasteiger partial charge is 0.342 e. The van der Waals surface area contributed by atoms with Gasteiger partial charge in [0.2, 0.25) is 0 Å². The number of carbonyl (C=O) groups is 3. The number of ether oxygens (including phenoxy) is 3. The third kappa shape index (κ3) is 5.39. The van der Waals surface area contributed by atoms with Crippen molar-refractivity contribution in [3.05, 3.63) is 58.7 Å². The van der Waals surface area contributed by atoms with Crippen LogP contribution in [0.3, 0.4) is 0 Å². The number of hydrogen-bond donors (Lipinski definition) is 1. The van der Waals surface area contributed by atoms with Crippen LogP contribution in [0.25, 0.3) is 6.08 Å². The van der Waals surface area contributed by atoms with Crippen LogP contribution in [0.2, 0.25) is 0 Å². The van der Waals surface area contributed by atoms with Crippen LogP contribution in [0.4, 0.5) is 0 Å². The molecule has 0 saturated heterocycles. The summed E-state index contributed by atoms with van der Waals surface area (Å²) in [6, 6.07) is 8.87. The maximum absolute atomic E-state index is 13.3. The summed E-state index contributed by atoms with van der Waals surface area (Å²) < 4.78 is 16.7. The van der Waals surface area contributed by atoms with Gasteiger partial charge in [0.05, 0.1) is 19.6 Å². The first-order valence-corrected chi connectivity index (χ1v) is 12.0. The third-order valence-corrected chi connectivity index (χ3v) is 6.49. The number of phenols is 1. The van der Waals surface area contributed by atoms with Crippen LogP contribution in [-0.2, 0) is 14.3 Å². The van der Waals surface area contributed by atoms with E-state index in [-0.39, 0.29) is 29.3 Å². The topological polar surface area (TPSA) is 99.1 Å². The maximum atomic E-state index is 13.3. The number of rotatable bonds is 2. The quantitative estimate of drug-likeness (QED) is 0.460. The Morgan fingerprint density at radius 1 is 1.09 bits per heavy atom. The second kappa shape index (κ2) is 10.8. The van der Waals surface area contributed by atoms with Crippen molar-refractivity contribution in [2.75, 3.05) is 7.11 Å². The number of phenolic OH excluding ortho intramolecular Hbond substituents is 1. The van der Waals surface area contributed by atoms with Crippen LogP contribution < -0.4 is 9.47 Å². The molecule has 0 bridgehead atoms. The monoisotopic (exact) mass is 478 g/mol. The van der Waals surface area contributed by atoms with Crippen LogP contribution in [0.5, 0.6) is 17.2 Å². The Morgan fingerprint density at radius 2 is 1.86 bits per heavy atom. The van der Waals surface area contributed by atoms with E-state index in [4.69, 9.17) is 14.2 Å². The predicted octanol–water partition coefficient (Wildman–Crippen LogP) is 5.32. The number of hydrogen-bond acceptors (Lipinski definition) is 7. The first-order valence-electron chi connectivity index (χ1n) is 12.0. The van der Waals surface area contributed by atoms with Crippen LogP contribution >= 0.6 is 0 Å². The first-order chi connectivity index (χ1) is 16.9. The second-order valence-electron chi connectivity index (χ2n) is 9.02. The minimum Gasteiger partial charge on any atom is -0.507 e. The van der Waals surface area contributed by atoms with E-state index in [1.165, 1.54) is 0 Å². The second-order valence-corrected chi connectivity index (χ2v) is 9.02. The zero-order valence-corrected chi connectivity index (χ0v) is 20.0. The Kier molecular flexibility index (Phi) is 7.54. The van der Waals surface area contributed by atoms with E-state index in [9.17, 15) is 19.5 Å². The molecule has 4 rings (SSSR count). The molecule has 0 spiro atoms. The van der Waals surface area contributed by atoms with Gasteiger partial charge >= 0.3 is 11.9 Å². The van der Waals surface area contributed by atoms with E-state index in [1.807, 2.05) is 24.3 Å².